The molecule has 21 heavy (non-hydrogen) atoms. The molecule has 0 aromatic carbocycles. The molecule has 1 aromatic heterocycles. The van der Waals surface area contributed by atoms with Gasteiger partial charge in [0.05, 0.1) is 12.5 Å². The van der Waals surface area contributed by atoms with Crippen molar-refractivity contribution in [1.82, 2.24) is 9.29 Å². The number of sulfonamides is 1. The van der Waals surface area contributed by atoms with Crippen molar-refractivity contribution in [2.75, 3.05) is 11.8 Å². The van der Waals surface area contributed by atoms with Crippen LogP contribution in [0, 0.1) is 0 Å². The predicted molar refractivity (Wildman–Crippen MR) is 84.5 cm³/mol. The zero-order valence-electron chi connectivity index (χ0n) is 11.1. The van der Waals surface area contributed by atoms with Gasteiger partial charge in [-0.3, -0.25) is 4.79 Å². The van der Waals surface area contributed by atoms with Crippen LogP contribution in [0.3, 0.4) is 0 Å². The number of hydrogen-bond acceptors (Lipinski definition) is 4. The zero-order chi connectivity index (χ0) is 15.5. The fourth-order valence-corrected chi connectivity index (χ4v) is 3.94. The molecule has 114 valence electrons. The Bertz CT molecular complexity index is 663. The number of carbonyl (C=O) groups excluding carboxylic acids is 1. The Balaban J connectivity index is 2.18. The average Bonchev–Trinajstić information content (AvgIpc) is 2.47. The minimum Gasteiger partial charge on any atom is -0.297 e. The summed E-state index contributed by atoms with van der Waals surface area (Å²) in [6.45, 7) is 0.178. The number of rotatable bonds is 5. The maximum absolute atomic E-state index is 12.4. The Hall–Kier alpha value is -0.760. The maximum atomic E-state index is 12.4. The van der Waals surface area contributed by atoms with Crippen LogP contribution in [0.2, 0.25) is 0 Å². The number of Topliss-reactive ketones (excluding diaryl/α,β-unsaturated/α-hetero) is 1. The highest BCUT2D eigenvalue weighted by atomic mass is 79.9. The molecule has 1 aliphatic heterocycles. The Morgan fingerprint density at radius 3 is 2.86 bits per heavy atom. The van der Waals surface area contributed by atoms with Crippen LogP contribution in [0.25, 0.3) is 0 Å². The van der Waals surface area contributed by atoms with Gasteiger partial charge in [-0.1, -0.05) is 18.2 Å². The number of ketones is 1. The summed E-state index contributed by atoms with van der Waals surface area (Å²) in [5, 5.41) is -0.528. The van der Waals surface area contributed by atoms with Gasteiger partial charge < -0.3 is 0 Å². The largest absolute Gasteiger partial charge is 0.297 e. The molecule has 0 saturated heterocycles. The summed E-state index contributed by atoms with van der Waals surface area (Å²) < 4.78 is 25.7. The number of halogens is 2. The van der Waals surface area contributed by atoms with Crippen molar-refractivity contribution >= 4 is 43.3 Å². The lowest BCUT2D eigenvalue weighted by atomic mass is 10.0. The van der Waals surface area contributed by atoms with E-state index in [4.69, 9.17) is 11.6 Å². The first-order valence-electron chi connectivity index (χ1n) is 6.28. The van der Waals surface area contributed by atoms with Crippen molar-refractivity contribution in [2.24, 2.45) is 0 Å². The number of nitrogens with zero attached hydrogens (tertiary/aromatic N) is 2. The van der Waals surface area contributed by atoms with Crippen LogP contribution in [-0.2, 0) is 21.2 Å². The minimum atomic E-state index is -3.62. The second kappa shape index (κ2) is 7.00. The van der Waals surface area contributed by atoms with Crippen molar-refractivity contribution in [2.45, 2.75) is 18.9 Å². The highest BCUT2D eigenvalue weighted by Crippen LogP contribution is 2.19. The fourth-order valence-electron chi connectivity index (χ4n) is 2.16. The fraction of sp³-hybridized carbons (Fsp3) is 0.385. The molecule has 0 fully saturated rings. The van der Waals surface area contributed by atoms with Crippen molar-refractivity contribution in [3.8, 4) is 0 Å². The molecule has 8 heteroatoms. The summed E-state index contributed by atoms with van der Waals surface area (Å²) in [5.41, 5.74) is 0.604. The third-order valence-electron chi connectivity index (χ3n) is 3.15. The van der Waals surface area contributed by atoms with Crippen LogP contribution < -0.4 is 0 Å². The summed E-state index contributed by atoms with van der Waals surface area (Å²) in [4.78, 5) is 16.6. The van der Waals surface area contributed by atoms with Crippen molar-refractivity contribution < 1.29 is 13.2 Å². The van der Waals surface area contributed by atoms with Gasteiger partial charge in [-0.2, -0.15) is 4.31 Å². The normalized spacial score (nSPS) is 19.6. The molecule has 0 N–H and O–H groups in total. The van der Waals surface area contributed by atoms with E-state index in [1.807, 2.05) is 6.08 Å². The van der Waals surface area contributed by atoms with Crippen LogP contribution in [-0.4, -0.2) is 41.3 Å². The van der Waals surface area contributed by atoms with Gasteiger partial charge in [-0.25, -0.2) is 13.4 Å². The molecule has 0 aliphatic carbocycles. The van der Waals surface area contributed by atoms with E-state index in [-0.39, 0.29) is 18.7 Å². The third-order valence-corrected chi connectivity index (χ3v) is 5.82. The molecule has 2 heterocycles. The molecule has 1 aromatic rings. The first kappa shape index (κ1) is 16.6. The molecule has 1 aliphatic rings. The van der Waals surface area contributed by atoms with E-state index in [0.29, 0.717) is 16.7 Å². The molecular weight excluding hydrogens is 380 g/mol. The topological polar surface area (TPSA) is 67.3 Å². The molecule has 0 amide bonds. The monoisotopic (exact) mass is 392 g/mol. The minimum absolute atomic E-state index is 0.0895. The van der Waals surface area contributed by atoms with Gasteiger partial charge in [0.15, 0.2) is 5.78 Å². The van der Waals surface area contributed by atoms with E-state index >= 15 is 0 Å². The molecular formula is C13H14BrClN2O3S. The van der Waals surface area contributed by atoms with Gasteiger partial charge in [0, 0.05) is 12.2 Å². The molecule has 0 unspecified atom stereocenters. The lowest BCUT2D eigenvalue weighted by molar-refractivity contribution is -0.122. The maximum Gasteiger partial charge on any atom is 0.229 e. The molecule has 2 rings (SSSR count). The highest BCUT2D eigenvalue weighted by molar-refractivity contribution is 9.10. The summed E-state index contributed by atoms with van der Waals surface area (Å²) in [6, 6.07) is 4.58. The quantitative estimate of drug-likeness (QED) is 0.436. The van der Waals surface area contributed by atoms with Gasteiger partial charge >= 0.3 is 0 Å². The lowest BCUT2D eigenvalue weighted by Crippen LogP contribution is -2.47. The second-order valence-corrected chi connectivity index (χ2v) is 7.93. The smallest absolute Gasteiger partial charge is 0.229 e. The first-order chi connectivity index (χ1) is 9.94. The Morgan fingerprint density at radius 2 is 2.19 bits per heavy atom. The predicted octanol–water partition coefficient (Wildman–Crippen LogP) is 2.11. The molecule has 1 atom stereocenters. The van der Waals surface area contributed by atoms with E-state index in [2.05, 4.69) is 20.9 Å². The van der Waals surface area contributed by atoms with Gasteiger partial charge in [0.25, 0.3) is 0 Å². The third kappa shape index (κ3) is 4.12. The van der Waals surface area contributed by atoms with Crippen LogP contribution in [0.4, 0.5) is 0 Å². The van der Waals surface area contributed by atoms with E-state index in [1.54, 1.807) is 24.3 Å². The van der Waals surface area contributed by atoms with Crippen molar-refractivity contribution in [3.63, 3.8) is 0 Å². The highest BCUT2D eigenvalue weighted by Gasteiger charge is 2.34. The molecule has 0 saturated carbocycles. The van der Waals surface area contributed by atoms with E-state index in [0.717, 1.165) is 0 Å². The van der Waals surface area contributed by atoms with Crippen LogP contribution >= 0.6 is 27.5 Å². The molecule has 5 nitrogen and oxygen atoms in total. The number of alkyl halides is 1. The molecule has 0 spiro atoms. The molecule has 0 radical (unpaired) electrons. The number of hydrogen-bond donors (Lipinski definition) is 0. The van der Waals surface area contributed by atoms with E-state index < -0.39 is 21.3 Å². The first-order valence-corrected chi connectivity index (χ1v) is 9.22. The SMILES string of the molecule is O=C(Cc1cccc(Br)n1)[C@@H]1CC=CCN1S(=O)(=O)CCl. The summed E-state index contributed by atoms with van der Waals surface area (Å²) in [5.74, 6) is -0.182. The second-order valence-electron chi connectivity index (χ2n) is 4.61. The summed E-state index contributed by atoms with van der Waals surface area (Å²) in [6.07, 6.45) is 4.00. The van der Waals surface area contributed by atoms with Crippen LogP contribution in [0.5, 0.6) is 0 Å². The van der Waals surface area contributed by atoms with Gasteiger partial charge in [-0.05, 0) is 34.5 Å². The number of pyridine rings is 1. The van der Waals surface area contributed by atoms with Gasteiger partial charge in [-0.15, -0.1) is 11.6 Å². The zero-order valence-corrected chi connectivity index (χ0v) is 14.2. The number of carbonyl (C=O) groups is 1. The van der Waals surface area contributed by atoms with Gasteiger partial charge in [0.2, 0.25) is 10.0 Å². The lowest BCUT2D eigenvalue weighted by Gasteiger charge is -2.30. The standard InChI is InChI=1S/C13H14BrClN2O3S/c14-13-6-3-4-10(16-13)8-12(18)11-5-1-2-7-17(11)21(19,20)9-15/h1-4,6,11H,5,7-9H2/t11-/m0/s1. The van der Waals surface area contributed by atoms with E-state index in [9.17, 15) is 13.2 Å². The Morgan fingerprint density at radius 1 is 1.43 bits per heavy atom. The number of aromatic nitrogens is 1. The average molecular weight is 394 g/mol. The van der Waals surface area contributed by atoms with E-state index in [1.165, 1.54) is 4.31 Å². The van der Waals surface area contributed by atoms with Crippen molar-refractivity contribution in [3.05, 3.63) is 40.6 Å². The van der Waals surface area contributed by atoms with Crippen LogP contribution in [0.15, 0.2) is 35.0 Å². The van der Waals surface area contributed by atoms with Gasteiger partial charge in [0.1, 0.15) is 9.82 Å². The Kier molecular flexibility index (Phi) is 5.54. The van der Waals surface area contributed by atoms with Crippen LogP contribution in [0.1, 0.15) is 12.1 Å². The summed E-state index contributed by atoms with van der Waals surface area (Å²) in [7, 11) is -3.62. The van der Waals surface area contributed by atoms with Crippen molar-refractivity contribution in [1.29, 1.82) is 0 Å². The molecule has 0 bridgehead atoms. The Labute approximate surface area is 137 Å². The summed E-state index contributed by atoms with van der Waals surface area (Å²) >= 11 is 8.74.